The molecule has 0 aliphatic heterocycles. The molecule has 1 aliphatic rings. The van der Waals surface area contributed by atoms with Crippen LogP contribution in [0.3, 0.4) is 0 Å². The van der Waals surface area contributed by atoms with E-state index in [0.29, 0.717) is 11.4 Å². The standard InChI is InChI=1S/C18H20ClNO/c1-12(20)10-16-17(19)6-3-7-18(16)21-15-9-8-13-4-2-5-14(13)11-15/h3,6-9,11-12H,2,4-5,10,20H2,1H3. The number of hydrogen-bond acceptors (Lipinski definition) is 2. The molecule has 0 bridgehead atoms. The first-order valence-electron chi connectivity index (χ1n) is 7.46. The summed E-state index contributed by atoms with van der Waals surface area (Å²) in [6.07, 6.45) is 4.28. The molecule has 3 rings (SSSR count). The largest absolute Gasteiger partial charge is 0.457 e. The summed E-state index contributed by atoms with van der Waals surface area (Å²) in [6.45, 7) is 1.97. The molecular formula is C18H20ClNO. The van der Waals surface area contributed by atoms with Gasteiger partial charge in [0.1, 0.15) is 11.5 Å². The first kappa shape index (κ1) is 14.4. The Hall–Kier alpha value is -1.51. The number of aryl methyl sites for hydroxylation is 2. The van der Waals surface area contributed by atoms with Gasteiger partial charge in [-0.2, -0.15) is 0 Å². The third-order valence-electron chi connectivity index (χ3n) is 3.90. The maximum atomic E-state index is 6.30. The SMILES string of the molecule is CC(N)Cc1c(Cl)cccc1Oc1ccc2c(c1)CCC2. The van der Waals surface area contributed by atoms with Crippen LogP contribution in [0.4, 0.5) is 0 Å². The van der Waals surface area contributed by atoms with E-state index in [9.17, 15) is 0 Å². The van der Waals surface area contributed by atoms with Gasteiger partial charge < -0.3 is 10.5 Å². The molecule has 1 atom stereocenters. The third-order valence-corrected chi connectivity index (χ3v) is 4.25. The summed E-state index contributed by atoms with van der Waals surface area (Å²) >= 11 is 6.30. The molecule has 21 heavy (non-hydrogen) atoms. The van der Waals surface area contributed by atoms with Crippen molar-refractivity contribution in [2.45, 2.75) is 38.6 Å². The van der Waals surface area contributed by atoms with E-state index < -0.39 is 0 Å². The van der Waals surface area contributed by atoms with E-state index in [4.69, 9.17) is 22.1 Å². The van der Waals surface area contributed by atoms with Crippen molar-refractivity contribution >= 4 is 11.6 Å². The first-order valence-corrected chi connectivity index (χ1v) is 7.84. The van der Waals surface area contributed by atoms with Crippen LogP contribution in [-0.2, 0) is 19.3 Å². The molecular weight excluding hydrogens is 282 g/mol. The van der Waals surface area contributed by atoms with Crippen LogP contribution >= 0.6 is 11.6 Å². The lowest BCUT2D eigenvalue weighted by molar-refractivity contribution is 0.473. The maximum absolute atomic E-state index is 6.30. The number of nitrogens with two attached hydrogens (primary N) is 1. The van der Waals surface area contributed by atoms with Gasteiger partial charge in [-0.15, -0.1) is 0 Å². The highest BCUT2D eigenvalue weighted by molar-refractivity contribution is 6.31. The molecule has 0 spiro atoms. The quantitative estimate of drug-likeness (QED) is 0.901. The van der Waals surface area contributed by atoms with E-state index in [1.807, 2.05) is 31.2 Å². The van der Waals surface area contributed by atoms with Crippen LogP contribution in [0.1, 0.15) is 30.0 Å². The van der Waals surface area contributed by atoms with E-state index in [-0.39, 0.29) is 6.04 Å². The van der Waals surface area contributed by atoms with Crippen LogP contribution in [0.2, 0.25) is 5.02 Å². The van der Waals surface area contributed by atoms with Gasteiger partial charge in [-0.3, -0.25) is 0 Å². The van der Waals surface area contributed by atoms with E-state index >= 15 is 0 Å². The van der Waals surface area contributed by atoms with Crippen molar-refractivity contribution in [2.24, 2.45) is 5.73 Å². The van der Waals surface area contributed by atoms with Gasteiger partial charge in [0.05, 0.1) is 0 Å². The Morgan fingerprint density at radius 1 is 1.19 bits per heavy atom. The highest BCUT2D eigenvalue weighted by atomic mass is 35.5. The predicted molar refractivity (Wildman–Crippen MR) is 87.3 cm³/mol. The van der Waals surface area contributed by atoms with Crippen molar-refractivity contribution in [3.63, 3.8) is 0 Å². The number of halogens is 1. The predicted octanol–water partition coefficient (Wildman–Crippen LogP) is 4.51. The Bertz CT molecular complexity index is 652. The zero-order chi connectivity index (χ0) is 14.8. The van der Waals surface area contributed by atoms with Crippen LogP contribution in [0.5, 0.6) is 11.5 Å². The molecule has 2 aromatic carbocycles. The second kappa shape index (κ2) is 6.08. The molecule has 2 aromatic rings. The normalized spacial score (nSPS) is 14.8. The smallest absolute Gasteiger partial charge is 0.132 e. The lowest BCUT2D eigenvalue weighted by atomic mass is 10.1. The van der Waals surface area contributed by atoms with Gasteiger partial charge in [0, 0.05) is 16.6 Å². The molecule has 1 aliphatic carbocycles. The van der Waals surface area contributed by atoms with Gasteiger partial charge >= 0.3 is 0 Å². The first-order chi connectivity index (χ1) is 10.1. The monoisotopic (exact) mass is 301 g/mol. The molecule has 0 aromatic heterocycles. The van der Waals surface area contributed by atoms with Crippen LogP contribution in [0, 0.1) is 0 Å². The topological polar surface area (TPSA) is 35.2 Å². The Morgan fingerprint density at radius 3 is 2.81 bits per heavy atom. The third kappa shape index (κ3) is 3.22. The van der Waals surface area contributed by atoms with Gasteiger partial charge in [-0.25, -0.2) is 0 Å². The minimum atomic E-state index is 0.0484. The molecule has 0 saturated carbocycles. The second-order valence-corrected chi connectivity index (χ2v) is 6.19. The molecule has 0 amide bonds. The second-order valence-electron chi connectivity index (χ2n) is 5.78. The highest BCUT2D eigenvalue weighted by Gasteiger charge is 2.14. The molecule has 0 radical (unpaired) electrons. The molecule has 3 heteroatoms. The van der Waals surface area contributed by atoms with Gasteiger partial charge in [0.2, 0.25) is 0 Å². The van der Waals surface area contributed by atoms with Crippen LogP contribution < -0.4 is 10.5 Å². The lowest BCUT2D eigenvalue weighted by Gasteiger charge is -2.15. The van der Waals surface area contributed by atoms with E-state index in [1.165, 1.54) is 24.0 Å². The Balaban J connectivity index is 1.89. The minimum Gasteiger partial charge on any atom is -0.457 e. The van der Waals surface area contributed by atoms with Crippen molar-refractivity contribution in [1.82, 2.24) is 0 Å². The van der Waals surface area contributed by atoms with Crippen LogP contribution in [-0.4, -0.2) is 6.04 Å². The van der Waals surface area contributed by atoms with Gasteiger partial charge in [0.25, 0.3) is 0 Å². The minimum absolute atomic E-state index is 0.0484. The average Bonchev–Trinajstić information content (AvgIpc) is 2.90. The van der Waals surface area contributed by atoms with Crippen molar-refractivity contribution in [3.8, 4) is 11.5 Å². The fourth-order valence-corrected chi connectivity index (χ4v) is 3.14. The zero-order valence-corrected chi connectivity index (χ0v) is 13.0. The number of fused-ring (bicyclic) bond motifs is 1. The lowest BCUT2D eigenvalue weighted by Crippen LogP contribution is -2.18. The van der Waals surface area contributed by atoms with Crippen molar-refractivity contribution in [3.05, 3.63) is 58.1 Å². The molecule has 2 N–H and O–H groups in total. The van der Waals surface area contributed by atoms with E-state index in [1.54, 1.807) is 0 Å². The molecule has 0 saturated heterocycles. The number of benzene rings is 2. The molecule has 2 nitrogen and oxygen atoms in total. The van der Waals surface area contributed by atoms with Crippen LogP contribution in [0.15, 0.2) is 36.4 Å². The number of hydrogen-bond donors (Lipinski definition) is 1. The summed E-state index contributed by atoms with van der Waals surface area (Å²) in [6, 6.07) is 12.2. The fraction of sp³-hybridized carbons (Fsp3) is 0.333. The average molecular weight is 302 g/mol. The molecule has 0 fully saturated rings. The summed E-state index contributed by atoms with van der Waals surface area (Å²) in [7, 11) is 0. The maximum Gasteiger partial charge on any atom is 0.132 e. The summed E-state index contributed by atoms with van der Waals surface area (Å²) in [5.74, 6) is 1.68. The zero-order valence-electron chi connectivity index (χ0n) is 12.2. The summed E-state index contributed by atoms with van der Waals surface area (Å²) in [4.78, 5) is 0. The van der Waals surface area contributed by atoms with E-state index in [0.717, 1.165) is 23.5 Å². The van der Waals surface area contributed by atoms with Crippen LogP contribution in [0.25, 0.3) is 0 Å². The number of rotatable bonds is 4. The van der Waals surface area contributed by atoms with Gasteiger partial charge in [-0.05, 0) is 68.0 Å². The van der Waals surface area contributed by atoms with Crippen molar-refractivity contribution in [2.75, 3.05) is 0 Å². The highest BCUT2D eigenvalue weighted by Crippen LogP contribution is 2.33. The van der Waals surface area contributed by atoms with Gasteiger partial charge in [0.15, 0.2) is 0 Å². The summed E-state index contributed by atoms with van der Waals surface area (Å²) in [5, 5.41) is 0.714. The summed E-state index contributed by atoms with van der Waals surface area (Å²) < 4.78 is 6.08. The van der Waals surface area contributed by atoms with Crippen molar-refractivity contribution in [1.29, 1.82) is 0 Å². The molecule has 110 valence electrons. The summed E-state index contributed by atoms with van der Waals surface area (Å²) in [5.41, 5.74) is 9.75. The fourth-order valence-electron chi connectivity index (χ4n) is 2.89. The molecule has 0 heterocycles. The van der Waals surface area contributed by atoms with Gasteiger partial charge in [-0.1, -0.05) is 23.7 Å². The Labute approximate surface area is 130 Å². The van der Waals surface area contributed by atoms with E-state index in [2.05, 4.69) is 12.1 Å². The molecule has 1 unspecified atom stereocenters. The Kier molecular flexibility index (Phi) is 4.18. The van der Waals surface area contributed by atoms with Crippen molar-refractivity contribution < 1.29 is 4.74 Å². The Morgan fingerprint density at radius 2 is 2.00 bits per heavy atom. The number of ether oxygens (including phenoxy) is 1.